The molecule has 0 spiro atoms. The van der Waals surface area contributed by atoms with Gasteiger partial charge in [0.2, 0.25) is 0 Å². The van der Waals surface area contributed by atoms with Crippen molar-refractivity contribution in [1.29, 1.82) is 0 Å². The summed E-state index contributed by atoms with van der Waals surface area (Å²) in [7, 11) is 0. The molecule has 0 aliphatic carbocycles. The molecule has 0 bridgehead atoms. The maximum absolute atomic E-state index is 11.9. The van der Waals surface area contributed by atoms with E-state index in [2.05, 4.69) is 12.1 Å². The van der Waals surface area contributed by atoms with Gasteiger partial charge in [0.25, 0.3) is 0 Å². The van der Waals surface area contributed by atoms with Crippen LogP contribution < -0.4 is 0 Å². The second kappa shape index (κ2) is 1.90. The van der Waals surface area contributed by atoms with Crippen LogP contribution in [0, 0.1) is 23.8 Å². The molecule has 40 valence electrons. The summed E-state index contributed by atoms with van der Waals surface area (Å²) in [6, 6.07) is 6.02. The third-order valence-electron chi connectivity index (χ3n) is 0.674. The molecule has 0 aromatic heterocycles. The maximum Gasteiger partial charge on any atom is 0.134 e. The van der Waals surface area contributed by atoms with Crippen LogP contribution in [0.3, 0.4) is 0 Å². The molecule has 1 rings (SSSR count). The van der Waals surface area contributed by atoms with Crippen molar-refractivity contribution < 1.29 is 8.78 Å². The van der Waals surface area contributed by atoms with E-state index in [-0.39, 0.29) is 0 Å². The Labute approximate surface area is 45.8 Å². The molecule has 0 fully saturated rings. The van der Waals surface area contributed by atoms with Gasteiger partial charge in [0.15, 0.2) is 0 Å². The van der Waals surface area contributed by atoms with E-state index in [0.717, 1.165) is 12.1 Å². The molecule has 0 amide bonds. The first-order chi connectivity index (χ1) is 3.79. The Balaban J connectivity index is 3.08. The largest absolute Gasteiger partial charge is 0.206 e. The number of hydrogen-bond acceptors (Lipinski definition) is 0. The van der Waals surface area contributed by atoms with Crippen LogP contribution in [-0.4, -0.2) is 0 Å². The fourth-order valence-electron chi connectivity index (χ4n) is 0.369. The van der Waals surface area contributed by atoms with Crippen LogP contribution in [0.4, 0.5) is 8.78 Å². The van der Waals surface area contributed by atoms with Gasteiger partial charge in [0.05, 0.1) is 0 Å². The van der Waals surface area contributed by atoms with Crippen LogP contribution in [0.15, 0.2) is 12.1 Å². The second-order valence-electron chi connectivity index (χ2n) is 1.27. The van der Waals surface area contributed by atoms with Crippen LogP contribution >= 0.6 is 0 Å². The quantitative estimate of drug-likeness (QED) is 0.477. The molecule has 1 aromatic rings. The van der Waals surface area contributed by atoms with Crippen LogP contribution in [0.1, 0.15) is 0 Å². The molecule has 2 heteroatoms. The molecule has 0 saturated carbocycles. The third-order valence-corrected chi connectivity index (χ3v) is 0.674. The standard InChI is InChI=1S/C6H2F2/c7-5-2-1-3-6(8)4-5/h1,4H. The Kier molecular flexibility index (Phi) is 1.24. The zero-order valence-electron chi connectivity index (χ0n) is 3.91. The van der Waals surface area contributed by atoms with Gasteiger partial charge < -0.3 is 0 Å². The molecule has 0 N–H and O–H groups in total. The first kappa shape index (κ1) is 5.22. The van der Waals surface area contributed by atoms with Crippen molar-refractivity contribution in [3.8, 4) is 0 Å². The van der Waals surface area contributed by atoms with Gasteiger partial charge in [0.1, 0.15) is 11.6 Å². The first-order valence-corrected chi connectivity index (χ1v) is 2.03. The van der Waals surface area contributed by atoms with Crippen LogP contribution in [-0.2, 0) is 0 Å². The average Bonchev–Trinajstić information content (AvgIpc) is 1.64. The van der Waals surface area contributed by atoms with Gasteiger partial charge in [-0.2, -0.15) is 0 Å². The van der Waals surface area contributed by atoms with E-state index in [1.54, 1.807) is 0 Å². The number of hydrogen-bond donors (Lipinski definition) is 0. The highest BCUT2D eigenvalue weighted by Crippen LogP contribution is 1.97. The van der Waals surface area contributed by atoms with E-state index >= 15 is 0 Å². The van der Waals surface area contributed by atoms with Crippen molar-refractivity contribution in [3.05, 3.63) is 35.9 Å². The molecule has 0 saturated heterocycles. The zero-order valence-corrected chi connectivity index (χ0v) is 3.91. The van der Waals surface area contributed by atoms with Gasteiger partial charge in [-0.3, -0.25) is 0 Å². The Morgan fingerprint density at radius 1 is 1.12 bits per heavy atom. The minimum absolute atomic E-state index is 0.693. The summed E-state index contributed by atoms with van der Waals surface area (Å²) >= 11 is 0. The molecular weight excluding hydrogens is 110 g/mol. The molecular formula is C6H2F2. The summed E-state index contributed by atoms with van der Waals surface area (Å²) < 4.78 is 23.7. The second-order valence-corrected chi connectivity index (χ2v) is 1.27. The van der Waals surface area contributed by atoms with Gasteiger partial charge in [0, 0.05) is 18.2 Å². The molecule has 0 heterocycles. The van der Waals surface area contributed by atoms with Crippen molar-refractivity contribution in [2.24, 2.45) is 0 Å². The average molecular weight is 112 g/mol. The highest BCUT2D eigenvalue weighted by atomic mass is 19.1. The summed E-state index contributed by atoms with van der Waals surface area (Å²) in [4.78, 5) is 0. The third kappa shape index (κ3) is 1.03. The van der Waals surface area contributed by atoms with Gasteiger partial charge in [-0.25, -0.2) is 8.78 Å². The Morgan fingerprint density at radius 3 is 1.88 bits per heavy atom. The number of halogens is 2. The van der Waals surface area contributed by atoms with Crippen molar-refractivity contribution in [1.82, 2.24) is 0 Å². The lowest BCUT2D eigenvalue weighted by Crippen LogP contribution is -1.75. The van der Waals surface area contributed by atoms with E-state index < -0.39 is 11.6 Å². The Bertz CT molecular complexity index is 166. The van der Waals surface area contributed by atoms with E-state index in [4.69, 9.17) is 0 Å². The van der Waals surface area contributed by atoms with E-state index in [1.807, 2.05) is 0 Å². The molecule has 0 aliphatic rings. The van der Waals surface area contributed by atoms with Crippen molar-refractivity contribution >= 4 is 0 Å². The summed E-state index contributed by atoms with van der Waals surface area (Å²) in [5.41, 5.74) is 0. The topological polar surface area (TPSA) is 0 Å². The zero-order chi connectivity index (χ0) is 5.98. The van der Waals surface area contributed by atoms with Crippen LogP contribution in [0.2, 0.25) is 0 Å². The van der Waals surface area contributed by atoms with E-state index in [0.29, 0.717) is 0 Å². The summed E-state index contributed by atoms with van der Waals surface area (Å²) in [6.07, 6.45) is 0. The Morgan fingerprint density at radius 2 is 1.62 bits per heavy atom. The monoisotopic (exact) mass is 112 g/mol. The molecule has 0 atom stereocenters. The number of rotatable bonds is 0. The predicted molar refractivity (Wildman–Crippen MR) is 24.0 cm³/mol. The van der Waals surface area contributed by atoms with Gasteiger partial charge in [-0.1, -0.05) is 0 Å². The van der Waals surface area contributed by atoms with Crippen molar-refractivity contribution in [2.75, 3.05) is 0 Å². The smallest absolute Gasteiger partial charge is 0.134 e. The van der Waals surface area contributed by atoms with Gasteiger partial charge in [-0.05, 0) is 6.07 Å². The minimum atomic E-state index is -0.693. The van der Waals surface area contributed by atoms with Gasteiger partial charge >= 0.3 is 0 Å². The lowest BCUT2D eigenvalue weighted by molar-refractivity contribution is 0.580. The predicted octanol–water partition coefficient (Wildman–Crippen LogP) is 1.57. The molecule has 1 aromatic carbocycles. The summed E-state index contributed by atoms with van der Waals surface area (Å²) in [5.74, 6) is -1.39. The minimum Gasteiger partial charge on any atom is -0.206 e. The lowest BCUT2D eigenvalue weighted by atomic mass is 10.3. The highest BCUT2D eigenvalue weighted by Gasteiger charge is 1.89. The molecule has 0 aliphatic heterocycles. The van der Waals surface area contributed by atoms with Crippen molar-refractivity contribution in [3.63, 3.8) is 0 Å². The molecule has 2 radical (unpaired) electrons. The first-order valence-electron chi connectivity index (χ1n) is 2.03. The summed E-state index contributed by atoms with van der Waals surface area (Å²) in [6.45, 7) is 0. The van der Waals surface area contributed by atoms with Crippen molar-refractivity contribution in [2.45, 2.75) is 0 Å². The maximum atomic E-state index is 11.9. The molecule has 0 nitrogen and oxygen atoms in total. The number of benzene rings is 1. The molecule has 0 unspecified atom stereocenters. The van der Waals surface area contributed by atoms with E-state index in [1.165, 1.54) is 0 Å². The highest BCUT2D eigenvalue weighted by molar-refractivity contribution is 5.01. The molecule has 8 heavy (non-hydrogen) atoms. The summed E-state index contributed by atoms with van der Waals surface area (Å²) in [5, 5.41) is 0. The normalized spacial score (nSPS) is 9.25. The fraction of sp³-hybridized carbons (Fsp3) is 0. The van der Waals surface area contributed by atoms with E-state index in [9.17, 15) is 8.78 Å². The Hall–Kier alpha value is -0.920. The SMILES string of the molecule is Fc1[c]c[c]c(F)c1. The lowest BCUT2D eigenvalue weighted by Gasteiger charge is -1.82. The fourth-order valence-corrected chi connectivity index (χ4v) is 0.369. The van der Waals surface area contributed by atoms with Crippen LogP contribution in [0.25, 0.3) is 0 Å². The van der Waals surface area contributed by atoms with Crippen LogP contribution in [0.5, 0.6) is 0 Å². The van der Waals surface area contributed by atoms with Gasteiger partial charge in [-0.15, -0.1) is 0 Å².